The highest BCUT2D eigenvalue weighted by atomic mass is 35.5. The van der Waals surface area contributed by atoms with Crippen LogP contribution in [0.2, 0.25) is 0 Å². The number of nitrogens with one attached hydrogen (secondary N) is 1. The van der Waals surface area contributed by atoms with Crippen LogP contribution in [0.1, 0.15) is 19.4 Å². The highest BCUT2D eigenvalue weighted by Crippen LogP contribution is 2.31. The molecule has 2 rings (SSSR count). The molecule has 0 unspecified atom stereocenters. The van der Waals surface area contributed by atoms with Crippen molar-refractivity contribution in [3.05, 3.63) is 23.8 Å². The first-order valence-corrected chi connectivity index (χ1v) is 6.09. The molecule has 1 aliphatic rings. The number of ether oxygens (including phenoxy) is 1. The Morgan fingerprint density at radius 2 is 2.28 bits per heavy atom. The Labute approximate surface area is 110 Å². The van der Waals surface area contributed by atoms with Crippen LogP contribution in [0, 0.1) is 0 Å². The number of carbonyl (C=O) groups excluding carboxylic acids is 1. The summed E-state index contributed by atoms with van der Waals surface area (Å²) in [6.07, 6.45) is 0.475. The van der Waals surface area contributed by atoms with Gasteiger partial charge in [0.15, 0.2) is 0 Å². The van der Waals surface area contributed by atoms with Crippen LogP contribution in [0.15, 0.2) is 18.2 Å². The van der Waals surface area contributed by atoms with Crippen molar-refractivity contribution in [2.75, 3.05) is 5.06 Å². The molecule has 0 saturated carbocycles. The minimum Gasteiger partial charge on any atom is -0.491 e. The topological polar surface area (TPSA) is 61.8 Å². The van der Waals surface area contributed by atoms with Gasteiger partial charge < -0.3 is 4.74 Å². The summed E-state index contributed by atoms with van der Waals surface area (Å²) >= 11 is 5.47. The zero-order valence-electron chi connectivity index (χ0n) is 10.2. The average Bonchev–Trinajstić information content (AvgIpc) is 2.33. The first-order valence-electron chi connectivity index (χ1n) is 5.71. The first kappa shape index (κ1) is 13.1. The van der Waals surface area contributed by atoms with Crippen molar-refractivity contribution < 1.29 is 14.7 Å². The van der Waals surface area contributed by atoms with Crippen LogP contribution in [0.5, 0.6) is 5.75 Å². The molecule has 1 atom stereocenters. The summed E-state index contributed by atoms with van der Waals surface area (Å²) in [5.41, 5.74) is 1.28. The van der Waals surface area contributed by atoms with E-state index in [1.807, 2.05) is 26.0 Å². The molecular formula is C12H15ClN2O3. The molecule has 1 aliphatic heterocycles. The minimum atomic E-state index is -0.610. The van der Waals surface area contributed by atoms with Gasteiger partial charge in [-0.1, -0.05) is 6.07 Å². The van der Waals surface area contributed by atoms with Gasteiger partial charge in [-0.15, -0.1) is 0 Å². The Kier molecular flexibility index (Phi) is 3.75. The smallest absolute Gasteiger partial charge is 0.269 e. The maximum Gasteiger partial charge on any atom is 0.269 e. The van der Waals surface area contributed by atoms with E-state index in [1.165, 1.54) is 0 Å². The van der Waals surface area contributed by atoms with E-state index in [-0.39, 0.29) is 6.10 Å². The van der Waals surface area contributed by atoms with Gasteiger partial charge in [0, 0.05) is 12.5 Å². The van der Waals surface area contributed by atoms with E-state index in [9.17, 15) is 10.0 Å². The van der Waals surface area contributed by atoms with Crippen LogP contribution in [-0.2, 0) is 11.2 Å². The van der Waals surface area contributed by atoms with Gasteiger partial charge in [-0.3, -0.25) is 10.0 Å². The summed E-state index contributed by atoms with van der Waals surface area (Å²) in [5.74, 6) is 0.145. The Bertz CT molecular complexity index is 465. The summed E-state index contributed by atoms with van der Waals surface area (Å²) < 4.78 is 5.53. The molecule has 98 valence electrons. The quantitative estimate of drug-likeness (QED) is 0.650. The molecule has 0 aromatic heterocycles. The molecule has 0 spiro atoms. The van der Waals surface area contributed by atoms with E-state index < -0.39 is 11.9 Å². The van der Waals surface area contributed by atoms with Gasteiger partial charge in [0.2, 0.25) is 0 Å². The first-order chi connectivity index (χ1) is 8.52. The fraction of sp³-hybridized carbons (Fsp3) is 0.417. The standard InChI is InChI=1S/C12H15ClN2O3/c1-7(2)18-9-4-3-8-5-10(14-13)12(16)15(17)11(8)6-9/h3-4,6-7,10,14,17H,5H2,1-2H3/t10-/m0/s1. The number of rotatable bonds is 3. The second-order valence-electron chi connectivity index (χ2n) is 4.47. The van der Waals surface area contributed by atoms with Crippen molar-refractivity contribution >= 4 is 23.4 Å². The molecular weight excluding hydrogens is 256 g/mol. The van der Waals surface area contributed by atoms with Crippen molar-refractivity contribution in [1.29, 1.82) is 0 Å². The lowest BCUT2D eigenvalue weighted by Crippen LogP contribution is -2.47. The van der Waals surface area contributed by atoms with E-state index in [2.05, 4.69) is 4.84 Å². The molecule has 1 amide bonds. The predicted molar refractivity (Wildman–Crippen MR) is 68.0 cm³/mol. The molecule has 1 heterocycles. The molecule has 0 radical (unpaired) electrons. The van der Waals surface area contributed by atoms with E-state index in [0.717, 1.165) is 5.56 Å². The van der Waals surface area contributed by atoms with Crippen LogP contribution in [0.3, 0.4) is 0 Å². The second kappa shape index (κ2) is 5.14. The molecule has 0 saturated heterocycles. The van der Waals surface area contributed by atoms with E-state index in [4.69, 9.17) is 16.5 Å². The Morgan fingerprint density at radius 1 is 1.56 bits per heavy atom. The van der Waals surface area contributed by atoms with Gasteiger partial charge in [0.25, 0.3) is 5.91 Å². The summed E-state index contributed by atoms with van der Waals surface area (Å²) in [4.78, 5) is 14.1. The number of carbonyl (C=O) groups is 1. The molecule has 0 fully saturated rings. The fourth-order valence-electron chi connectivity index (χ4n) is 1.92. The van der Waals surface area contributed by atoms with Crippen LogP contribution in [0.4, 0.5) is 5.69 Å². The predicted octanol–water partition coefficient (Wildman–Crippen LogP) is 1.86. The lowest BCUT2D eigenvalue weighted by atomic mass is 9.99. The molecule has 1 aromatic rings. The average molecular weight is 271 g/mol. The number of nitrogens with zero attached hydrogens (tertiary/aromatic N) is 1. The van der Waals surface area contributed by atoms with Gasteiger partial charge >= 0.3 is 0 Å². The number of anilines is 1. The summed E-state index contributed by atoms with van der Waals surface area (Å²) in [5, 5.41) is 10.4. The third-order valence-corrected chi connectivity index (χ3v) is 2.98. The lowest BCUT2D eigenvalue weighted by Gasteiger charge is -2.29. The lowest BCUT2D eigenvalue weighted by molar-refractivity contribution is -0.125. The molecule has 0 aliphatic carbocycles. The Morgan fingerprint density at radius 3 is 2.89 bits per heavy atom. The van der Waals surface area contributed by atoms with Crippen molar-refractivity contribution in [2.45, 2.75) is 32.4 Å². The number of halogens is 1. The number of fused-ring (bicyclic) bond motifs is 1. The van der Waals surface area contributed by atoms with Gasteiger partial charge in [-0.25, -0.2) is 4.84 Å². The van der Waals surface area contributed by atoms with Gasteiger partial charge in [-0.05, 0) is 37.3 Å². The van der Waals surface area contributed by atoms with E-state index >= 15 is 0 Å². The summed E-state index contributed by atoms with van der Waals surface area (Å²) in [6, 6.07) is 4.68. The van der Waals surface area contributed by atoms with Gasteiger partial charge in [0.1, 0.15) is 11.8 Å². The molecule has 5 nitrogen and oxygen atoms in total. The minimum absolute atomic E-state index is 0.0340. The zero-order chi connectivity index (χ0) is 13.3. The molecule has 18 heavy (non-hydrogen) atoms. The third-order valence-electron chi connectivity index (χ3n) is 2.72. The van der Waals surface area contributed by atoms with Crippen LogP contribution >= 0.6 is 11.8 Å². The van der Waals surface area contributed by atoms with Crippen LogP contribution in [0.25, 0.3) is 0 Å². The second-order valence-corrected chi connectivity index (χ2v) is 4.69. The summed E-state index contributed by atoms with van der Waals surface area (Å²) in [7, 11) is 0. The van der Waals surface area contributed by atoms with Crippen molar-refractivity contribution in [2.24, 2.45) is 0 Å². The largest absolute Gasteiger partial charge is 0.491 e. The number of amides is 1. The Balaban J connectivity index is 2.33. The van der Waals surface area contributed by atoms with E-state index in [0.29, 0.717) is 22.9 Å². The van der Waals surface area contributed by atoms with E-state index in [1.54, 1.807) is 6.07 Å². The highest BCUT2D eigenvalue weighted by Gasteiger charge is 2.32. The van der Waals surface area contributed by atoms with Crippen molar-refractivity contribution in [1.82, 2.24) is 4.84 Å². The monoisotopic (exact) mass is 270 g/mol. The maximum absolute atomic E-state index is 11.7. The van der Waals surface area contributed by atoms with Crippen molar-refractivity contribution in [3.63, 3.8) is 0 Å². The third kappa shape index (κ3) is 2.43. The molecule has 6 heteroatoms. The van der Waals surface area contributed by atoms with Gasteiger partial charge in [0.05, 0.1) is 11.8 Å². The number of benzene rings is 1. The molecule has 0 bridgehead atoms. The zero-order valence-corrected chi connectivity index (χ0v) is 10.9. The van der Waals surface area contributed by atoms with Crippen LogP contribution < -0.4 is 14.6 Å². The molecule has 1 aromatic carbocycles. The van der Waals surface area contributed by atoms with Gasteiger partial charge in [-0.2, -0.15) is 5.06 Å². The number of hydrogen-bond donors (Lipinski definition) is 2. The summed E-state index contributed by atoms with van der Waals surface area (Å²) in [6.45, 7) is 3.82. The Hall–Kier alpha value is -1.30. The fourth-order valence-corrected chi connectivity index (χ4v) is 2.09. The SMILES string of the molecule is CC(C)Oc1ccc2c(c1)N(O)C(=O)[C@@H](NCl)C2. The van der Waals surface area contributed by atoms with Crippen LogP contribution in [-0.4, -0.2) is 23.3 Å². The highest BCUT2D eigenvalue weighted by molar-refractivity contribution is 6.16. The normalized spacial score (nSPS) is 19.1. The van der Waals surface area contributed by atoms with Crippen molar-refractivity contribution in [3.8, 4) is 5.75 Å². The maximum atomic E-state index is 11.7. The number of hydroxylamine groups is 1. The molecule has 2 N–H and O–H groups in total. The number of hydrogen-bond acceptors (Lipinski definition) is 4.